The zero-order valence-electron chi connectivity index (χ0n) is 24.0. The van der Waals surface area contributed by atoms with Gasteiger partial charge in [0.2, 0.25) is 17.7 Å². The highest BCUT2D eigenvalue weighted by Crippen LogP contribution is 2.19. The number of nitrogens with two attached hydrogens (primary N) is 2. The highest BCUT2D eigenvalue weighted by atomic mass is 16.4. The number of unbranched alkanes of at least 4 members (excludes halogenated alkanes) is 1. The first-order valence-corrected chi connectivity index (χ1v) is 14.1. The lowest BCUT2D eigenvalue weighted by Crippen LogP contribution is -2.57. The molecule has 0 aliphatic rings. The number of hydrogen-bond donors (Lipinski definition) is 7. The zero-order valence-corrected chi connectivity index (χ0v) is 24.0. The molecule has 0 spiro atoms. The van der Waals surface area contributed by atoms with Crippen molar-refractivity contribution in [3.63, 3.8) is 0 Å². The van der Waals surface area contributed by atoms with Gasteiger partial charge in [-0.25, -0.2) is 4.79 Å². The van der Waals surface area contributed by atoms with Gasteiger partial charge in [-0.3, -0.25) is 14.4 Å². The smallest absolute Gasteiger partial charge is 0.326 e. The van der Waals surface area contributed by atoms with Gasteiger partial charge in [0.05, 0.1) is 6.04 Å². The number of aliphatic carboxylic acids is 1. The third-order valence-corrected chi connectivity index (χ3v) is 6.70. The molecule has 4 atom stereocenters. The fraction of sp³-hybridized carbons (Fsp3) is 0.586. The van der Waals surface area contributed by atoms with Crippen LogP contribution in [0.5, 0.6) is 0 Å². The van der Waals surface area contributed by atoms with Crippen molar-refractivity contribution in [1.82, 2.24) is 20.9 Å². The summed E-state index contributed by atoms with van der Waals surface area (Å²) in [7, 11) is 0. The number of carbonyl (C=O) groups is 4. The number of benzene rings is 1. The summed E-state index contributed by atoms with van der Waals surface area (Å²) >= 11 is 0. The van der Waals surface area contributed by atoms with Crippen LogP contribution in [0, 0.1) is 11.8 Å². The lowest BCUT2D eigenvalue weighted by molar-refractivity contribution is -0.142. The fourth-order valence-electron chi connectivity index (χ4n) is 4.62. The van der Waals surface area contributed by atoms with Crippen molar-refractivity contribution in [2.45, 2.75) is 90.4 Å². The van der Waals surface area contributed by atoms with E-state index >= 15 is 0 Å². The highest BCUT2D eigenvalue weighted by molar-refractivity contribution is 5.94. The number of hydrogen-bond acceptors (Lipinski definition) is 6. The summed E-state index contributed by atoms with van der Waals surface area (Å²) in [4.78, 5) is 54.7. The van der Waals surface area contributed by atoms with E-state index in [0.29, 0.717) is 25.8 Å². The van der Waals surface area contributed by atoms with E-state index in [-0.39, 0.29) is 31.1 Å². The fourth-order valence-corrected chi connectivity index (χ4v) is 4.62. The maximum atomic E-state index is 13.6. The number of fused-ring (bicyclic) bond motifs is 1. The van der Waals surface area contributed by atoms with E-state index in [9.17, 15) is 24.3 Å². The lowest BCUT2D eigenvalue weighted by atomic mass is 10.0. The van der Waals surface area contributed by atoms with Crippen LogP contribution in [-0.2, 0) is 25.6 Å². The maximum Gasteiger partial charge on any atom is 0.326 e. The van der Waals surface area contributed by atoms with Gasteiger partial charge >= 0.3 is 5.97 Å². The van der Waals surface area contributed by atoms with Gasteiger partial charge in [-0.1, -0.05) is 45.9 Å². The van der Waals surface area contributed by atoms with Gasteiger partial charge in [0, 0.05) is 23.5 Å². The summed E-state index contributed by atoms with van der Waals surface area (Å²) < 4.78 is 0. The Kier molecular flexibility index (Phi) is 13.1. The highest BCUT2D eigenvalue weighted by Gasteiger charge is 2.31. The summed E-state index contributed by atoms with van der Waals surface area (Å²) in [5, 5.41) is 18.6. The molecular weight excluding hydrogens is 512 g/mol. The number of para-hydroxylation sites is 1. The van der Waals surface area contributed by atoms with Crippen LogP contribution < -0.4 is 27.4 Å². The SMILES string of the molecule is CC(C)CC(N)C(=O)NC(Cc1c[nH]c2ccccc12)C(=O)NC(CCCCN)C(=O)NC(CC(C)C)C(=O)O. The molecule has 1 aromatic heterocycles. The minimum Gasteiger partial charge on any atom is -0.480 e. The van der Waals surface area contributed by atoms with Crippen LogP contribution in [0.15, 0.2) is 30.5 Å². The second-order valence-corrected chi connectivity index (χ2v) is 11.2. The number of rotatable bonds is 17. The number of H-pyrrole nitrogens is 1. The van der Waals surface area contributed by atoms with Gasteiger partial charge < -0.3 is 37.5 Å². The van der Waals surface area contributed by atoms with Crippen molar-refractivity contribution in [1.29, 1.82) is 0 Å². The average molecular weight is 559 g/mol. The number of carboxylic acid groups (broad SMARTS) is 1. The zero-order chi connectivity index (χ0) is 29.8. The monoisotopic (exact) mass is 558 g/mol. The van der Waals surface area contributed by atoms with Gasteiger partial charge in [-0.15, -0.1) is 0 Å². The van der Waals surface area contributed by atoms with Crippen LogP contribution in [0.1, 0.15) is 65.4 Å². The molecule has 40 heavy (non-hydrogen) atoms. The van der Waals surface area contributed by atoms with Crippen LogP contribution in [-0.4, -0.2) is 64.5 Å². The molecule has 0 saturated carbocycles. The Bertz CT molecular complexity index is 1130. The van der Waals surface area contributed by atoms with Crippen molar-refractivity contribution >= 4 is 34.6 Å². The van der Waals surface area contributed by atoms with Crippen molar-refractivity contribution in [3.8, 4) is 0 Å². The molecule has 0 bridgehead atoms. The Morgan fingerprint density at radius 1 is 0.850 bits per heavy atom. The molecule has 222 valence electrons. The summed E-state index contributed by atoms with van der Waals surface area (Å²) in [6.07, 6.45) is 4.10. The molecule has 1 aromatic carbocycles. The van der Waals surface area contributed by atoms with E-state index in [1.807, 2.05) is 52.0 Å². The standard InChI is InChI=1S/C29H46N6O5/c1-17(2)13-21(31)26(36)34-24(15-19-16-32-22-10-6-5-9-20(19)22)28(38)33-23(11-7-8-12-30)27(37)35-25(29(39)40)14-18(3)4/h5-6,9-10,16-18,21,23-25,32H,7-8,11-15,30-31H2,1-4H3,(H,33,38)(H,34,36)(H,35,37)(H,39,40). The third-order valence-electron chi connectivity index (χ3n) is 6.70. The number of aromatic nitrogens is 1. The van der Waals surface area contributed by atoms with Crippen LogP contribution in [0.2, 0.25) is 0 Å². The van der Waals surface area contributed by atoms with E-state index < -0.39 is 47.9 Å². The molecule has 0 aliphatic heterocycles. The minimum absolute atomic E-state index is 0.0393. The molecular formula is C29H46N6O5. The first kappa shape index (κ1) is 32.8. The van der Waals surface area contributed by atoms with Gasteiger partial charge in [-0.2, -0.15) is 0 Å². The molecule has 0 saturated heterocycles. The van der Waals surface area contributed by atoms with Crippen LogP contribution in [0.4, 0.5) is 0 Å². The van der Waals surface area contributed by atoms with Crippen molar-refractivity contribution in [3.05, 3.63) is 36.0 Å². The number of nitrogens with one attached hydrogen (secondary N) is 4. The van der Waals surface area contributed by atoms with E-state index in [1.165, 1.54) is 0 Å². The van der Waals surface area contributed by atoms with Crippen LogP contribution >= 0.6 is 0 Å². The van der Waals surface area contributed by atoms with Crippen molar-refractivity contribution in [2.24, 2.45) is 23.3 Å². The Morgan fingerprint density at radius 2 is 1.45 bits per heavy atom. The molecule has 1 heterocycles. The first-order valence-electron chi connectivity index (χ1n) is 14.1. The Labute approximate surface area is 236 Å². The van der Waals surface area contributed by atoms with E-state index in [1.54, 1.807) is 6.20 Å². The quantitative estimate of drug-likeness (QED) is 0.144. The molecule has 0 fully saturated rings. The third kappa shape index (κ3) is 10.3. The van der Waals surface area contributed by atoms with E-state index in [0.717, 1.165) is 16.5 Å². The van der Waals surface area contributed by atoms with Gasteiger partial charge in [-0.05, 0) is 62.1 Å². The molecule has 4 unspecified atom stereocenters. The second-order valence-electron chi connectivity index (χ2n) is 11.2. The van der Waals surface area contributed by atoms with Crippen LogP contribution in [0.25, 0.3) is 10.9 Å². The molecule has 0 aliphatic carbocycles. The minimum atomic E-state index is -1.14. The summed E-state index contributed by atoms with van der Waals surface area (Å²) in [5.41, 5.74) is 13.4. The molecule has 11 nitrogen and oxygen atoms in total. The Morgan fingerprint density at radius 3 is 2.08 bits per heavy atom. The normalized spacial score (nSPS) is 14.5. The van der Waals surface area contributed by atoms with Gasteiger partial charge in [0.15, 0.2) is 0 Å². The summed E-state index contributed by atoms with van der Waals surface area (Å²) in [6.45, 7) is 8.06. The Balaban J connectivity index is 2.30. The predicted octanol–water partition coefficient (Wildman–Crippen LogP) is 1.80. The topological polar surface area (TPSA) is 192 Å². The number of amides is 3. The van der Waals surface area contributed by atoms with E-state index in [4.69, 9.17) is 11.5 Å². The number of carbonyl (C=O) groups excluding carboxylic acids is 3. The first-order chi connectivity index (χ1) is 18.9. The van der Waals surface area contributed by atoms with E-state index in [2.05, 4.69) is 20.9 Å². The lowest BCUT2D eigenvalue weighted by Gasteiger charge is -2.26. The molecule has 2 aromatic rings. The molecule has 2 rings (SSSR count). The molecule has 9 N–H and O–H groups in total. The molecule has 0 radical (unpaired) electrons. The molecule has 3 amide bonds. The summed E-state index contributed by atoms with van der Waals surface area (Å²) in [5.74, 6) is -2.52. The van der Waals surface area contributed by atoms with Crippen LogP contribution in [0.3, 0.4) is 0 Å². The maximum absolute atomic E-state index is 13.6. The Hall–Kier alpha value is -3.44. The molecule has 11 heteroatoms. The van der Waals surface area contributed by atoms with Crippen molar-refractivity contribution in [2.75, 3.05) is 6.54 Å². The van der Waals surface area contributed by atoms with Gasteiger partial charge in [0.25, 0.3) is 0 Å². The average Bonchev–Trinajstić information content (AvgIpc) is 3.29. The number of carboxylic acids is 1. The largest absolute Gasteiger partial charge is 0.480 e. The summed E-state index contributed by atoms with van der Waals surface area (Å²) in [6, 6.07) is 3.73. The second kappa shape index (κ2) is 16.0. The van der Waals surface area contributed by atoms with Crippen molar-refractivity contribution < 1.29 is 24.3 Å². The number of aromatic amines is 1. The van der Waals surface area contributed by atoms with Gasteiger partial charge in [0.1, 0.15) is 18.1 Å². The predicted molar refractivity (Wildman–Crippen MR) is 155 cm³/mol.